The number of carbonyl (C=O) groups excluding carboxylic acids is 1. The number of hydrogen-bond donors (Lipinski definition) is 1. The monoisotopic (exact) mass is 267 g/mol. The number of benzene rings is 1. The number of ether oxygens (including phenoxy) is 2. The number of nitrogens with zero attached hydrogens (tertiary/aromatic N) is 1. The number of carbonyl (C=O) groups is 2. The van der Waals surface area contributed by atoms with Crippen LogP contribution in [0.15, 0.2) is 18.2 Å². The number of carboxylic acid groups (broad SMARTS) is 1. The predicted molar refractivity (Wildman–Crippen MR) is 68.4 cm³/mol. The molecule has 19 heavy (non-hydrogen) atoms. The fraction of sp³-hybridized carbons (Fsp3) is 0.385. The largest absolute Gasteiger partial charge is 0.493 e. The summed E-state index contributed by atoms with van der Waals surface area (Å²) in [6.45, 7) is 1.31. The minimum absolute atomic E-state index is 0.311. The van der Waals surface area contributed by atoms with Crippen molar-refractivity contribution in [2.75, 3.05) is 21.3 Å². The Hall–Kier alpha value is -2.24. The molecule has 1 aromatic carbocycles. The van der Waals surface area contributed by atoms with Crippen molar-refractivity contribution < 1.29 is 24.2 Å². The lowest BCUT2D eigenvalue weighted by molar-refractivity contribution is -0.148. The Bertz CT molecular complexity index is 486. The second-order valence-electron chi connectivity index (χ2n) is 3.95. The van der Waals surface area contributed by atoms with E-state index in [9.17, 15) is 14.7 Å². The molecule has 0 aliphatic rings. The van der Waals surface area contributed by atoms with Crippen LogP contribution >= 0.6 is 0 Å². The summed E-state index contributed by atoms with van der Waals surface area (Å²) in [5, 5.41) is 9.34. The first-order valence-corrected chi connectivity index (χ1v) is 5.61. The zero-order valence-corrected chi connectivity index (χ0v) is 11.3. The average Bonchev–Trinajstić information content (AvgIpc) is 2.37. The van der Waals surface area contributed by atoms with Crippen molar-refractivity contribution in [3.05, 3.63) is 23.8 Å². The van der Waals surface area contributed by atoms with Gasteiger partial charge in [-0.2, -0.15) is 0 Å². The standard InChI is InChI=1S/C13H17NO5/c1-8(15)14(2)11(13(16)17)9-6-5-7-10(18-3)12(9)19-4/h5-7,11H,1-4H3,(H,16,17). The third-order valence-electron chi connectivity index (χ3n) is 2.85. The number of hydrogen-bond acceptors (Lipinski definition) is 4. The van der Waals surface area contributed by atoms with Gasteiger partial charge in [0, 0.05) is 19.5 Å². The minimum Gasteiger partial charge on any atom is -0.493 e. The summed E-state index contributed by atoms with van der Waals surface area (Å²) in [5.41, 5.74) is 0.368. The Morgan fingerprint density at radius 3 is 2.32 bits per heavy atom. The molecule has 1 rings (SSSR count). The van der Waals surface area contributed by atoms with E-state index in [2.05, 4.69) is 0 Å². The maximum absolute atomic E-state index is 11.4. The fourth-order valence-corrected chi connectivity index (χ4v) is 1.82. The molecule has 0 saturated carbocycles. The van der Waals surface area contributed by atoms with Crippen molar-refractivity contribution in [3.63, 3.8) is 0 Å². The Labute approximate surface area is 111 Å². The summed E-state index contributed by atoms with van der Waals surface area (Å²) < 4.78 is 10.3. The van der Waals surface area contributed by atoms with E-state index in [4.69, 9.17) is 9.47 Å². The molecule has 0 heterocycles. The van der Waals surface area contributed by atoms with Crippen LogP contribution < -0.4 is 9.47 Å². The number of para-hydroxylation sites is 1. The van der Waals surface area contributed by atoms with Crippen LogP contribution in [0.4, 0.5) is 0 Å². The van der Waals surface area contributed by atoms with E-state index in [1.165, 1.54) is 28.2 Å². The molecule has 1 aromatic rings. The molecule has 0 radical (unpaired) electrons. The summed E-state index contributed by atoms with van der Waals surface area (Å²) in [6, 6.07) is 3.79. The molecule has 1 N–H and O–H groups in total. The zero-order chi connectivity index (χ0) is 14.6. The molecule has 104 valence electrons. The first kappa shape index (κ1) is 14.8. The van der Waals surface area contributed by atoms with E-state index in [1.54, 1.807) is 18.2 Å². The molecule has 1 unspecified atom stereocenters. The number of rotatable bonds is 5. The normalized spacial score (nSPS) is 11.6. The smallest absolute Gasteiger partial charge is 0.331 e. The maximum Gasteiger partial charge on any atom is 0.331 e. The van der Waals surface area contributed by atoms with Gasteiger partial charge in [0.25, 0.3) is 0 Å². The molecule has 0 aliphatic carbocycles. The predicted octanol–water partition coefficient (Wildman–Crippen LogP) is 1.31. The molecule has 6 nitrogen and oxygen atoms in total. The van der Waals surface area contributed by atoms with Gasteiger partial charge in [0.15, 0.2) is 17.5 Å². The van der Waals surface area contributed by atoms with Gasteiger partial charge in [-0.15, -0.1) is 0 Å². The number of likely N-dealkylation sites (N-methyl/N-ethyl adjacent to an activating group) is 1. The van der Waals surface area contributed by atoms with Crippen molar-refractivity contribution in [1.82, 2.24) is 4.90 Å². The molecule has 6 heteroatoms. The molecule has 0 saturated heterocycles. The van der Waals surface area contributed by atoms with E-state index in [0.717, 1.165) is 4.90 Å². The first-order valence-electron chi connectivity index (χ1n) is 5.61. The summed E-state index contributed by atoms with van der Waals surface area (Å²) >= 11 is 0. The molecule has 0 spiro atoms. The van der Waals surface area contributed by atoms with E-state index in [0.29, 0.717) is 17.1 Å². The molecule has 1 amide bonds. The Morgan fingerprint density at radius 1 is 1.26 bits per heavy atom. The average molecular weight is 267 g/mol. The van der Waals surface area contributed by atoms with Crippen LogP contribution in [0.25, 0.3) is 0 Å². The van der Waals surface area contributed by atoms with Crippen LogP contribution in [0.1, 0.15) is 18.5 Å². The van der Waals surface area contributed by atoms with Crippen molar-refractivity contribution in [2.24, 2.45) is 0 Å². The molecule has 0 aliphatic heterocycles. The molecule has 0 aromatic heterocycles. The van der Waals surface area contributed by atoms with Gasteiger partial charge in [-0.3, -0.25) is 4.79 Å². The van der Waals surface area contributed by atoms with Crippen LogP contribution in [-0.4, -0.2) is 43.2 Å². The quantitative estimate of drug-likeness (QED) is 0.870. The van der Waals surface area contributed by atoms with Crippen LogP contribution in [0.3, 0.4) is 0 Å². The highest BCUT2D eigenvalue weighted by atomic mass is 16.5. The van der Waals surface area contributed by atoms with Gasteiger partial charge in [-0.25, -0.2) is 4.79 Å². The van der Waals surface area contributed by atoms with E-state index in [1.807, 2.05) is 0 Å². The lowest BCUT2D eigenvalue weighted by Gasteiger charge is -2.25. The Balaban J connectivity index is 3.38. The van der Waals surface area contributed by atoms with Crippen molar-refractivity contribution >= 4 is 11.9 Å². The van der Waals surface area contributed by atoms with Gasteiger partial charge in [0.2, 0.25) is 5.91 Å². The third kappa shape index (κ3) is 2.96. The zero-order valence-electron chi connectivity index (χ0n) is 11.3. The van der Waals surface area contributed by atoms with Gasteiger partial charge < -0.3 is 19.5 Å². The highest BCUT2D eigenvalue weighted by Gasteiger charge is 2.30. The second-order valence-corrected chi connectivity index (χ2v) is 3.95. The van der Waals surface area contributed by atoms with Crippen LogP contribution in [0.2, 0.25) is 0 Å². The molecular weight excluding hydrogens is 250 g/mol. The van der Waals surface area contributed by atoms with Gasteiger partial charge in [-0.1, -0.05) is 12.1 Å². The second kappa shape index (κ2) is 6.08. The summed E-state index contributed by atoms with van der Waals surface area (Å²) in [5.74, 6) is -0.754. The summed E-state index contributed by atoms with van der Waals surface area (Å²) in [4.78, 5) is 24.0. The summed E-state index contributed by atoms with van der Waals surface area (Å²) in [7, 11) is 4.32. The molecule has 0 fully saturated rings. The maximum atomic E-state index is 11.4. The van der Waals surface area contributed by atoms with Gasteiger partial charge in [0.1, 0.15) is 0 Å². The van der Waals surface area contributed by atoms with E-state index < -0.39 is 12.0 Å². The van der Waals surface area contributed by atoms with E-state index in [-0.39, 0.29) is 5.91 Å². The van der Waals surface area contributed by atoms with Crippen LogP contribution in [0.5, 0.6) is 11.5 Å². The van der Waals surface area contributed by atoms with Crippen molar-refractivity contribution in [1.29, 1.82) is 0 Å². The highest BCUT2D eigenvalue weighted by Crippen LogP contribution is 2.36. The number of aliphatic carboxylic acids is 1. The fourth-order valence-electron chi connectivity index (χ4n) is 1.82. The third-order valence-corrected chi connectivity index (χ3v) is 2.85. The number of carboxylic acids is 1. The molecular formula is C13H17NO5. The molecule has 0 bridgehead atoms. The topological polar surface area (TPSA) is 76.1 Å². The van der Waals surface area contributed by atoms with Gasteiger partial charge in [0.05, 0.1) is 14.2 Å². The number of methoxy groups -OCH3 is 2. The van der Waals surface area contributed by atoms with Crippen LogP contribution in [0, 0.1) is 0 Å². The van der Waals surface area contributed by atoms with Gasteiger partial charge >= 0.3 is 5.97 Å². The van der Waals surface area contributed by atoms with E-state index >= 15 is 0 Å². The molecule has 1 atom stereocenters. The highest BCUT2D eigenvalue weighted by molar-refractivity contribution is 5.84. The SMILES string of the molecule is COc1cccc(C(C(=O)O)N(C)C(C)=O)c1OC. The lowest BCUT2D eigenvalue weighted by atomic mass is 10.0. The van der Waals surface area contributed by atoms with Crippen molar-refractivity contribution in [2.45, 2.75) is 13.0 Å². The first-order chi connectivity index (χ1) is 8.93. The Morgan fingerprint density at radius 2 is 1.89 bits per heavy atom. The summed E-state index contributed by atoms with van der Waals surface area (Å²) in [6.07, 6.45) is 0. The lowest BCUT2D eigenvalue weighted by Crippen LogP contribution is -2.34. The van der Waals surface area contributed by atoms with Gasteiger partial charge in [-0.05, 0) is 6.07 Å². The van der Waals surface area contributed by atoms with Crippen molar-refractivity contribution in [3.8, 4) is 11.5 Å². The Kier molecular flexibility index (Phi) is 4.74. The minimum atomic E-state index is -1.13. The number of amides is 1. The van der Waals surface area contributed by atoms with Crippen LogP contribution in [-0.2, 0) is 9.59 Å².